The molecule has 1 atom stereocenters. The number of hydrogen-bond acceptors (Lipinski definition) is 2. The summed E-state index contributed by atoms with van der Waals surface area (Å²) in [5.41, 5.74) is 0.899. The summed E-state index contributed by atoms with van der Waals surface area (Å²) < 4.78 is 13.0. The maximum absolute atomic E-state index is 13.0. The van der Waals surface area contributed by atoms with Gasteiger partial charge in [0.25, 0.3) is 0 Å². The van der Waals surface area contributed by atoms with Gasteiger partial charge in [-0.15, -0.1) is 0 Å². The lowest BCUT2D eigenvalue weighted by molar-refractivity contribution is -0.134. The summed E-state index contributed by atoms with van der Waals surface area (Å²) in [7, 11) is -2.95. The Labute approximate surface area is 112 Å². The first-order chi connectivity index (χ1) is 9.10. The zero-order valence-corrected chi connectivity index (χ0v) is 11.3. The molecule has 0 aliphatic carbocycles. The average molecular weight is 274 g/mol. The number of carbonyl (C=O) groups is 1. The summed E-state index contributed by atoms with van der Waals surface area (Å²) in [4.78, 5) is 11.0. The molecule has 0 bridgehead atoms. The molecule has 2 rings (SSSR count). The van der Waals surface area contributed by atoms with Gasteiger partial charge in [-0.3, -0.25) is 4.79 Å². The van der Waals surface area contributed by atoms with E-state index in [-0.39, 0.29) is 12.3 Å². The summed E-state index contributed by atoms with van der Waals surface area (Å²) in [6, 6.07) is 18.2. The van der Waals surface area contributed by atoms with E-state index in [9.17, 15) is 9.36 Å². The van der Waals surface area contributed by atoms with Gasteiger partial charge in [-0.1, -0.05) is 60.7 Å². The summed E-state index contributed by atoms with van der Waals surface area (Å²) >= 11 is 0. The molecule has 19 heavy (non-hydrogen) atoms. The van der Waals surface area contributed by atoms with E-state index in [0.717, 1.165) is 5.56 Å². The number of rotatable bonds is 5. The van der Waals surface area contributed by atoms with Crippen LogP contribution in [0.1, 0.15) is 5.56 Å². The van der Waals surface area contributed by atoms with Gasteiger partial charge >= 0.3 is 5.97 Å². The van der Waals surface area contributed by atoms with E-state index < -0.39 is 13.1 Å². The first-order valence-corrected chi connectivity index (χ1v) is 8.07. The van der Waals surface area contributed by atoms with E-state index in [4.69, 9.17) is 5.11 Å². The number of hydrogen-bond donors (Lipinski definition) is 1. The number of aliphatic carboxylic acids is 1. The summed E-state index contributed by atoms with van der Waals surface area (Å²) in [5.74, 6) is -1.02. The van der Waals surface area contributed by atoms with Crippen LogP contribution in [0.2, 0.25) is 0 Å². The molecular weight excluding hydrogens is 259 g/mol. The number of benzene rings is 2. The Morgan fingerprint density at radius 1 is 0.947 bits per heavy atom. The summed E-state index contributed by atoms with van der Waals surface area (Å²) in [6.07, 6.45) is -0.0317. The zero-order chi connectivity index (χ0) is 13.7. The quantitative estimate of drug-likeness (QED) is 0.853. The predicted molar refractivity (Wildman–Crippen MR) is 76.3 cm³/mol. The van der Waals surface area contributed by atoms with E-state index in [1.807, 2.05) is 36.4 Å². The molecule has 0 radical (unpaired) electrons. The van der Waals surface area contributed by atoms with Gasteiger partial charge in [-0.05, 0) is 5.56 Å². The van der Waals surface area contributed by atoms with Crippen molar-refractivity contribution in [2.45, 2.75) is 6.16 Å². The summed E-state index contributed by atoms with van der Waals surface area (Å²) in [5, 5.41) is 9.64. The first kappa shape index (κ1) is 13.6. The van der Waals surface area contributed by atoms with Crippen molar-refractivity contribution in [2.75, 3.05) is 6.16 Å². The van der Waals surface area contributed by atoms with E-state index >= 15 is 0 Å². The van der Waals surface area contributed by atoms with Gasteiger partial charge in [-0.2, -0.15) is 0 Å². The predicted octanol–water partition coefficient (Wildman–Crippen LogP) is 2.96. The Morgan fingerprint density at radius 3 is 2.00 bits per heavy atom. The van der Waals surface area contributed by atoms with Gasteiger partial charge in [0.05, 0.1) is 0 Å². The zero-order valence-electron chi connectivity index (χ0n) is 10.4. The van der Waals surface area contributed by atoms with Crippen molar-refractivity contribution in [2.24, 2.45) is 0 Å². The maximum Gasteiger partial charge on any atom is 0.311 e. The molecule has 2 aromatic rings. The molecule has 0 saturated heterocycles. The fraction of sp³-hybridized carbons (Fsp3) is 0.133. The minimum absolute atomic E-state index is 0.282. The van der Waals surface area contributed by atoms with Crippen molar-refractivity contribution in [3.63, 3.8) is 0 Å². The van der Waals surface area contributed by atoms with Crippen LogP contribution >= 0.6 is 7.14 Å². The second-order valence-corrected chi connectivity index (χ2v) is 7.35. The monoisotopic (exact) mass is 274 g/mol. The molecule has 0 aliphatic rings. The van der Waals surface area contributed by atoms with Gasteiger partial charge in [0.1, 0.15) is 13.3 Å². The number of carboxylic acids is 1. The van der Waals surface area contributed by atoms with Crippen LogP contribution < -0.4 is 5.30 Å². The van der Waals surface area contributed by atoms with Crippen molar-refractivity contribution < 1.29 is 14.5 Å². The fourth-order valence-corrected chi connectivity index (χ4v) is 4.47. The normalized spacial score (nSPS) is 13.7. The third-order valence-corrected chi connectivity index (χ3v) is 5.79. The molecule has 0 spiro atoms. The average Bonchev–Trinajstić information content (AvgIpc) is 2.40. The molecule has 1 unspecified atom stereocenters. The van der Waals surface area contributed by atoms with E-state index in [2.05, 4.69) is 0 Å². The lowest BCUT2D eigenvalue weighted by Gasteiger charge is -2.16. The second kappa shape index (κ2) is 5.85. The van der Waals surface area contributed by atoms with Crippen LogP contribution in [0.25, 0.3) is 0 Å². The standard InChI is InChI=1S/C15H15O3P/c16-15(17)12-19(18,14-9-5-2-6-10-14)11-13-7-3-1-4-8-13/h1-10H,11-12H2,(H,16,17). The molecular formula is C15H15O3P. The third kappa shape index (κ3) is 3.55. The van der Waals surface area contributed by atoms with Crippen molar-refractivity contribution in [3.05, 3.63) is 66.2 Å². The van der Waals surface area contributed by atoms with Crippen LogP contribution in [0.4, 0.5) is 0 Å². The van der Waals surface area contributed by atoms with Crippen LogP contribution in [0.5, 0.6) is 0 Å². The Hall–Kier alpha value is -1.86. The number of carboxylic acid groups (broad SMARTS) is 1. The van der Waals surface area contributed by atoms with E-state index in [1.165, 1.54) is 0 Å². The molecule has 0 amide bonds. The minimum Gasteiger partial charge on any atom is -0.481 e. The van der Waals surface area contributed by atoms with Gasteiger partial charge < -0.3 is 9.67 Å². The minimum atomic E-state index is -2.95. The molecule has 0 saturated carbocycles. The Morgan fingerprint density at radius 2 is 1.47 bits per heavy atom. The van der Waals surface area contributed by atoms with Crippen molar-refractivity contribution in [3.8, 4) is 0 Å². The van der Waals surface area contributed by atoms with Crippen LogP contribution in [-0.2, 0) is 15.5 Å². The lowest BCUT2D eigenvalue weighted by atomic mass is 10.2. The van der Waals surface area contributed by atoms with E-state index in [0.29, 0.717) is 5.30 Å². The largest absolute Gasteiger partial charge is 0.481 e. The Balaban J connectivity index is 2.36. The smallest absolute Gasteiger partial charge is 0.311 e. The maximum atomic E-state index is 13.0. The molecule has 0 fully saturated rings. The highest BCUT2D eigenvalue weighted by atomic mass is 31.2. The van der Waals surface area contributed by atoms with Gasteiger partial charge in [-0.25, -0.2) is 0 Å². The van der Waals surface area contributed by atoms with Crippen molar-refractivity contribution in [1.82, 2.24) is 0 Å². The van der Waals surface area contributed by atoms with Crippen LogP contribution in [-0.4, -0.2) is 17.2 Å². The van der Waals surface area contributed by atoms with Crippen LogP contribution in [0, 0.1) is 0 Å². The highest BCUT2D eigenvalue weighted by molar-refractivity contribution is 7.71. The van der Waals surface area contributed by atoms with Crippen molar-refractivity contribution in [1.29, 1.82) is 0 Å². The molecule has 98 valence electrons. The SMILES string of the molecule is O=C(O)CP(=O)(Cc1ccccc1)c1ccccc1. The van der Waals surface area contributed by atoms with Gasteiger partial charge in [0, 0.05) is 11.5 Å². The molecule has 3 nitrogen and oxygen atoms in total. The molecule has 0 aliphatic heterocycles. The molecule has 4 heteroatoms. The highest BCUT2D eigenvalue weighted by Gasteiger charge is 2.28. The van der Waals surface area contributed by atoms with Crippen LogP contribution in [0.3, 0.4) is 0 Å². The highest BCUT2D eigenvalue weighted by Crippen LogP contribution is 2.47. The Kier molecular flexibility index (Phi) is 4.18. The Bertz CT molecular complexity index is 593. The van der Waals surface area contributed by atoms with Gasteiger partial charge in [0.2, 0.25) is 0 Å². The second-order valence-electron chi connectivity index (χ2n) is 4.42. The fourth-order valence-electron chi connectivity index (χ4n) is 2.03. The molecule has 1 N–H and O–H groups in total. The first-order valence-electron chi connectivity index (χ1n) is 5.99. The van der Waals surface area contributed by atoms with Gasteiger partial charge in [0.15, 0.2) is 0 Å². The topological polar surface area (TPSA) is 54.4 Å². The van der Waals surface area contributed by atoms with E-state index in [1.54, 1.807) is 24.3 Å². The molecule has 0 heterocycles. The molecule has 2 aromatic carbocycles. The molecule has 0 aromatic heterocycles. The van der Waals surface area contributed by atoms with Crippen LogP contribution in [0.15, 0.2) is 60.7 Å². The van der Waals surface area contributed by atoms with Crippen molar-refractivity contribution >= 4 is 18.4 Å². The third-order valence-electron chi connectivity index (χ3n) is 2.90. The lowest BCUT2D eigenvalue weighted by Crippen LogP contribution is -2.15. The summed E-state index contributed by atoms with van der Waals surface area (Å²) in [6.45, 7) is 0.